The number of aromatic nitrogens is 2. The summed E-state index contributed by atoms with van der Waals surface area (Å²) in [5, 5.41) is 6.79. The van der Waals surface area contributed by atoms with Gasteiger partial charge >= 0.3 is 0 Å². The summed E-state index contributed by atoms with van der Waals surface area (Å²) in [6.45, 7) is 3.55. The largest absolute Gasteiger partial charge is 0.491 e. The van der Waals surface area contributed by atoms with E-state index in [9.17, 15) is 9.59 Å². The average Bonchev–Trinajstić information content (AvgIpc) is 3.15. The first kappa shape index (κ1) is 17.2. The van der Waals surface area contributed by atoms with Crippen LogP contribution >= 0.6 is 0 Å². The number of rotatable bonds is 6. The van der Waals surface area contributed by atoms with E-state index in [1.54, 1.807) is 31.2 Å². The molecule has 3 rings (SSSR count). The fourth-order valence-electron chi connectivity index (χ4n) is 2.59. The van der Waals surface area contributed by atoms with Crippen LogP contribution in [0.15, 0.2) is 41.2 Å². The van der Waals surface area contributed by atoms with Gasteiger partial charge in [0.2, 0.25) is 0 Å². The third-order valence-corrected chi connectivity index (χ3v) is 3.97. The zero-order chi connectivity index (χ0) is 17.6. The summed E-state index contributed by atoms with van der Waals surface area (Å²) in [6.07, 6.45) is 2.28. The summed E-state index contributed by atoms with van der Waals surface area (Å²) in [5.74, 6) is 0.362. The van der Waals surface area contributed by atoms with Crippen molar-refractivity contribution in [2.24, 2.45) is 0 Å². The molecule has 1 aliphatic rings. The minimum absolute atomic E-state index is 0.166. The molecule has 132 valence electrons. The second kappa shape index (κ2) is 7.94. The molecule has 1 saturated heterocycles. The lowest BCUT2D eigenvalue weighted by Crippen LogP contribution is -2.25. The van der Waals surface area contributed by atoms with Crippen molar-refractivity contribution in [3.63, 3.8) is 0 Å². The van der Waals surface area contributed by atoms with Crippen LogP contribution < -0.4 is 15.6 Å². The van der Waals surface area contributed by atoms with Crippen molar-refractivity contribution in [3.8, 4) is 5.75 Å². The minimum atomic E-state index is -0.366. The van der Waals surface area contributed by atoms with Crippen LogP contribution in [0.4, 0.5) is 5.69 Å². The van der Waals surface area contributed by atoms with Crippen LogP contribution in [0.3, 0.4) is 0 Å². The number of amides is 1. The topological polar surface area (TPSA) is 82.5 Å². The maximum Gasteiger partial charge on any atom is 0.276 e. The van der Waals surface area contributed by atoms with Gasteiger partial charge in [-0.15, -0.1) is 0 Å². The maximum atomic E-state index is 12.2. The SMILES string of the molecule is CCn1nc(C(=O)Nc2ccc(OC[C@@H]3CCCO3)cc2)ccc1=O. The van der Waals surface area contributed by atoms with Crippen molar-refractivity contribution >= 4 is 11.6 Å². The van der Waals surface area contributed by atoms with Gasteiger partial charge in [0.25, 0.3) is 11.5 Å². The summed E-state index contributed by atoms with van der Waals surface area (Å²) >= 11 is 0. The van der Waals surface area contributed by atoms with Crippen molar-refractivity contribution < 1.29 is 14.3 Å². The van der Waals surface area contributed by atoms with Gasteiger partial charge in [0.15, 0.2) is 0 Å². The van der Waals surface area contributed by atoms with Crippen LogP contribution in [0.1, 0.15) is 30.3 Å². The molecule has 1 fully saturated rings. The average molecular weight is 343 g/mol. The lowest BCUT2D eigenvalue weighted by atomic mass is 10.2. The fraction of sp³-hybridized carbons (Fsp3) is 0.389. The highest BCUT2D eigenvalue weighted by Crippen LogP contribution is 2.18. The second-order valence-electron chi connectivity index (χ2n) is 5.80. The third-order valence-electron chi connectivity index (χ3n) is 3.97. The zero-order valence-corrected chi connectivity index (χ0v) is 14.1. The van der Waals surface area contributed by atoms with Gasteiger partial charge in [-0.2, -0.15) is 5.10 Å². The first-order valence-corrected chi connectivity index (χ1v) is 8.39. The summed E-state index contributed by atoms with van der Waals surface area (Å²) in [5.41, 5.74) is 0.595. The van der Waals surface area contributed by atoms with Gasteiger partial charge in [0, 0.05) is 24.9 Å². The molecule has 1 atom stereocenters. The summed E-state index contributed by atoms with van der Waals surface area (Å²) in [6, 6.07) is 9.88. The number of carbonyl (C=O) groups is 1. The van der Waals surface area contributed by atoms with Gasteiger partial charge < -0.3 is 14.8 Å². The lowest BCUT2D eigenvalue weighted by Gasteiger charge is -2.12. The zero-order valence-electron chi connectivity index (χ0n) is 14.1. The van der Waals surface area contributed by atoms with Crippen molar-refractivity contribution in [2.75, 3.05) is 18.5 Å². The summed E-state index contributed by atoms with van der Waals surface area (Å²) in [7, 11) is 0. The molecule has 0 unspecified atom stereocenters. The number of nitrogens with one attached hydrogen (secondary N) is 1. The smallest absolute Gasteiger partial charge is 0.276 e. The highest BCUT2D eigenvalue weighted by molar-refractivity contribution is 6.02. The van der Waals surface area contributed by atoms with E-state index in [4.69, 9.17) is 9.47 Å². The van der Waals surface area contributed by atoms with Crippen LogP contribution in [-0.4, -0.2) is 35.0 Å². The second-order valence-corrected chi connectivity index (χ2v) is 5.80. The first-order valence-electron chi connectivity index (χ1n) is 8.39. The molecule has 1 N–H and O–H groups in total. The molecule has 0 radical (unpaired) electrons. The van der Waals surface area contributed by atoms with Crippen molar-refractivity contribution in [2.45, 2.75) is 32.4 Å². The maximum absolute atomic E-state index is 12.2. The van der Waals surface area contributed by atoms with E-state index in [0.717, 1.165) is 25.2 Å². The third kappa shape index (κ3) is 4.45. The predicted molar refractivity (Wildman–Crippen MR) is 93.0 cm³/mol. The van der Waals surface area contributed by atoms with Gasteiger partial charge in [-0.1, -0.05) is 0 Å². The molecule has 2 aromatic rings. The van der Waals surface area contributed by atoms with Gasteiger partial charge in [-0.05, 0) is 50.1 Å². The van der Waals surface area contributed by atoms with E-state index in [1.165, 1.54) is 16.8 Å². The molecule has 1 aromatic carbocycles. The number of anilines is 1. The number of hydrogen-bond acceptors (Lipinski definition) is 5. The Hall–Kier alpha value is -2.67. The number of carbonyl (C=O) groups excluding carboxylic acids is 1. The van der Waals surface area contributed by atoms with E-state index in [2.05, 4.69) is 10.4 Å². The highest BCUT2D eigenvalue weighted by Gasteiger charge is 2.16. The molecule has 7 heteroatoms. The molecule has 1 aromatic heterocycles. The molecule has 25 heavy (non-hydrogen) atoms. The van der Waals surface area contributed by atoms with Crippen molar-refractivity contribution in [1.82, 2.24) is 9.78 Å². The van der Waals surface area contributed by atoms with E-state index in [1.807, 2.05) is 0 Å². The molecule has 1 aliphatic heterocycles. The Balaban J connectivity index is 1.58. The molecule has 0 bridgehead atoms. The quantitative estimate of drug-likeness (QED) is 0.868. The van der Waals surface area contributed by atoms with Gasteiger partial charge in [0.05, 0.1) is 6.10 Å². The standard InChI is InChI=1S/C18H21N3O4/c1-2-21-17(22)10-9-16(20-21)18(23)19-13-5-7-14(8-6-13)25-12-15-4-3-11-24-15/h5-10,15H,2-4,11-12H2,1H3,(H,19,23)/t15-/m0/s1. The fourth-order valence-corrected chi connectivity index (χ4v) is 2.59. The molecule has 0 saturated carbocycles. The van der Waals surface area contributed by atoms with E-state index < -0.39 is 0 Å². The van der Waals surface area contributed by atoms with Gasteiger partial charge in [-0.3, -0.25) is 9.59 Å². The van der Waals surface area contributed by atoms with Crippen LogP contribution in [0.2, 0.25) is 0 Å². The molecule has 2 heterocycles. The molecular weight excluding hydrogens is 322 g/mol. The minimum Gasteiger partial charge on any atom is -0.491 e. The number of aryl methyl sites for hydroxylation is 1. The number of benzene rings is 1. The lowest BCUT2D eigenvalue weighted by molar-refractivity contribution is 0.0679. The van der Waals surface area contributed by atoms with E-state index >= 15 is 0 Å². The Morgan fingerprint density at radius 3 is 2.80 bits per heavy atom. The number of hydrogen-bond donors (Lipinski definition) is 1. The van der Waals surface area contributed by atoms with Crippen molar-refractivity contribution in [1.29, 1.82) is 0 Å². The predicted octanol–water partition coefficient (Wildman–Crippen LogP) is 2.07. The summed E-state index contributed by atoms with van der Waals surface area (Å²) in [4.78, 5) is 23.8. The summed E-state index contributed by atoms with van der Waals surface area (Å²) < 4.78 is 12.5. The van der Waals surface area contributed by atoms with Crippen LogP contribution in [-0.2, 0) is 11.3 Å². The molecule has 0 spiro atoms. The monoisotopic (exact) mass is 343 g/mol. The highest BCUT2D eigenvalue weighted by atomic mass is 16.5. The van der Waals surface area contributed by atoms with Crippen molar-refractivity contribution in [3.05, 3.63) is 52.4 Å². The van der Waals surface area contributed by atoms with Crippen LogP contribution in [0, 0.1) is 0 Å². The Morgan fingerprint density at radius 2 is 2.12 bits per heavy atom. The van der Waals surface area contributed by atoms with E-state index in [-0.39, 0.29) is 23.3 Å². The Morgan fingerprint density at radius 1 is 1.32 bits per heavy atom. The Bertz CT molecular complexity index is 780. The first-order chi connectivity index (χ1) is 12.2. The molecular formula is C18H21N3O4. The van der Waals surface area contributed by atoms with Crippen LogP contribution in [0.5, 0.6) is 5.75 Å². The normalized spacial score (nSPS) is 16.6. The van der Waals surface area contributed by atoms with Gasteiger partial charge in [-0.25, -0.2) is 4.68 Å². The van der Waals surface area contributed by atoms with Crippen LogP contribution in [0.25, 0.3) is 0 Å². The van der Waals surface area contributed by atoms with E-state index in [0.29, 0.717) is 18.8 Å². The molecule has 0 aliphatic carbocycles. The molecule has 1 amide bonds. The molecule has 7 nitrogen and oxygen atoms in total. The van der Waals surface area contributed by atoms with Gasteiger partial charge in [0.1, 0.15) is 18.1 Å². The number of nitrogens with zero attached hydrogens (tertiary/aromatic N) is 2. The Kier molecular flexibility index (Phi) is 5.45. The number of ether oxygens (including phenoxy) is 2. The Labute approximate surface area is 145 Å².